The summed E-state index contributed by atoms with van der Waals surface area (Å²) >= 11 is 0. The van der Waals surface area contributed by atoms with Crippen molar-refractivity contribution >= 4 is 11.8 Å². The number of hydrogen-bond donors (Lipinski definition) is 1. The molecule has 0 aromatic heterocycles. The minimum Gasteiger partial charge on any atom is -0.497 e. The maximum Gasteiger partial charge on any atom is 0.237 e. The summed E-state index contributed by atoms with van der Waals surface area (Å²) in [4.78, 5) is 27.1. The van der Waals surface area contributed by atoms with Crippen molar-refractivity contribution < 1.29 is 19.1 Å². The lowest BCUT2D eigenvalue weighted by Crippen LogP contribution is -2.41. The molecular weight excluding hydrogens is 310 g/mol. The molecule has 1 fully saturated rings. The number of carbonyl (C=O) groups is 2. The van der Waals surface area contributed by atoms with Gasteiger partial charge in [-0.3, -0.25) is 14.5 Å². The highest BCUT2D eigenvalue weighted by atomic mass is 16.5. The molecule has 0 bridgehead atoms. The van der Waals surface area contributed by atoms with Gasteiger partial charge >= 0.3 is 0 Å². The van der Waals surface area contributed by atoms with Gasteiger partial charge in [0.15, 0.2) is 0 Å². The number of hydrogen-bond acceptors (Lipinski definition) is 5. The molecule has 132 valence electrons. The number of nitrogens with two attached hydrogens (primary N) is 1. The van der Waals surface area contributed by atoms with Crippen molar-refractivity contribution in [3.05, 3.63) is 23.8 Å². The van der Waals surface area contributed by atoms with Crippen LogP contribution < -0.4 is 15.2 Å². The summed E-state index contributed by atoms with van der Waals surface area (Å²) < 4.78 is 10.7. The molecule has 1 saturated heterocycles. The Kier molecular flexibility index (Phi) is 6.03. The van der Waals surface area contributed by atoms with E-state index >= 15 is 0 Å². The molecule has 0 saturated carbocycles. The van der Waals surface area contributed by atoms with Crippen LogP contribution in [0.4, 0.5) is 0 Å². The van der Waals surface area contributed by atoms with E-state index in [0.29, 0.717) is 18.0 Å². The van der Waals surface area contributed by atoms with E-state index in [0.717, 1.165) is 18.4 Å². The van der Waals surface area contributed by atoms with Crippen LogP contribution in [-0.2, 0) is 9.59 Å². The lowest BCUT2D eigenvalue weighted by molar-refractivity contribution is -0.133. The Morgan fingerprint density at radius 3 is 2.67 bits per heavy atom. The molecule has 2 rings (SSSR count). The Hall–Kier alpha value is -2.28. The third kappa shape index (κ3) is 4.17. The molecule has 1 atom stereocenters. The highest BCUT2D eigenvalue weighted by Gasteiger charge is 2.32. The molecule has 1 heterocycles. The summed E-state index contributed by atoms with van der Waals surface area (Å²) in [6.45, 7) is 0.928. The number of ether oxygens (including phenoxy) is 2. The third-order valence-corrected chi connectivity index (χ3v) is 4.20. The monoisotopic (exact) mass is 335 g/mol. The summed E-state index contributed by atoms with van der Waals surface area (Å²) in [7, 11) is 4.93. The number of amides is 2. The normalized spacial score (nSPS) is 17.2. The largest absolute Gasteiger partial charge is 0.497 e. The number of methoxy groups -OCH3 is 2. The van der Waals surface area contributed by atoms with Crippen molar-refractivity contribution in [2.45, 2.75) is 18.9 Å². The van der Waals surface area contributed by atoms with Gasteiger partial charge in [0.25, 0.3) is 0 Å². The average molecular weight is 335 g/mol. The topological polar surface area (TPSA) is 85.1 Å². The summed E-state index contributed by atoms with van der Waals surface area (Å²) in [6.07, 6.45) is 1.82. The molecule has 7 nitrogen and oxygen atoms in total. The van der Waals surface area contributed by atoms with Crippen LogP contribution in [0.15, 0.2) is 18.2 Å². The predicted molar refractivity (Wildman–Crippen MR) is 89.9 cm³/mol. The Morgan fingerprint density at radius 1 is 1.29 bits per heavy atom. The van der Waals surface area contributed by atoms with Gasteiger partial charge in [-0.25, -0.2) is 0 Å². The molecule has 1 aliphatic heterocycles. The van der Waals surface area contributed by atoms with Gasteiger partial charge in [0.05, 0.1) is 33.4 Å². The van der Waals surface area contributed by atoms with Gasteiger partial charge in [0, 0.05) is 18.2 Å². The van der Waals surface area contributed by atoms with E-state index in [1.165, 1.54) is 0 Å². The maximum absolute atomic E-state index is 12.6. The second-order valence-corrected chi connectivity index (χ2v) is 5.99. The van der Waals surface area contributed by atoms with Crippen LogP contribution in [0, 0.1) is 0 Å². The number of nitrogens with zero attached hydrogens (tertiary/aromatic N) is 2. The minimum atomic E-state index is -0.444. The first-order chi connectivity index (χ1) is 11.5. The first-order valence-corrected chi connectivity index (χ1v) is 7.94. The second kappa shape index (κ2) is 8.01. The predicted octanol–water partition coefficient (Wildman–Crippen LogP) is 0.784. The van der Waals surface area contributed by atoms with E-state index in [1.807, 2.05) is 23.1 Å². The van der Waals surface area contributed by atoms with Crippen LogP contribution >= 0.6 is 0 Å². The van der Waals surface area contributed by atoms with Crippen molar-refractivity contribution in [1.82, 2.24) is 9.80 Å². The second-order valence-electron chi connectivity index (χ2n) is 5.99. The molecule has 0 unspecified atom stereocenters. The van der Waals surface area contributed by atoms with Crippen molar-refractivity contribution in [3.8, 4) is 11.5 Å². The zero-order chi connectivity index (χ0) is 17.7. The maximum atomic E-state index is 12.6. The fourth-order valence-corrected chi connectivity index (χ4v) is 3.13. The SMILES string of the molecule is COc1ccc([C@@H]2CCCN2C(=O)CN(C)CC(N)=O)c(OC)c1. The van der Waals surface area contributed by atoms with E-state index in [2.05, 4.69) is 0 Å². The fraction of sp³-hybridized carbons (Fsp3) is 0.529. The van der Waals surface area contributed by atoms with Crippen LogP contribution in [0.1, 0.15) is 24.4 Å². The standard InChI is InChI=1S/C17H25N3O4/c1-19(10-16(18)21)11-17(22)20-8-4-5-14(20)13-7-6-12(23-2)9-15(13)24-3/h6-7,9,14H,4-5,8,10-11H2,1-3H3,(H2,18,21)/t14-/m0/s1. The zero-order valence-electron chi connectivity index (χ0n) is 14.4. The highest BCUT2D eigenvalue weighted by Crippen LogP contribution is 2.38. The Balaban J connectivity index is 2.15. The first kappa shape index (κ1) is 18.1. The molecular formula is C17H25N3O4. The lowest BCUT2D eigenvalue weighted by Gasteiger charge is -2.28. The number of benzene rings is 1. The zero-order valence-corrected chi connectivity index (χ0v) is 14.4. The van der Waals surface area contributed by atoms with E-state index in [4.69, 9.17) is 15.2 Å². The van der Waals surface area contributed by atoms with Gasteiger partial charge in [-0.2, -0.15) is 0 Å². The number of carbonyl (C=O) groups excluding carboxylic acids is 2. The Morgan fingerprint density at radius 2 is 2.04 bits per heavy atom. The summed E-state index contributed by atoms with van der Waals surface area (Å²) in [5.74, 6) is 0.969. The number of likely N-dealkylation sites (N-methyl/N-ethyl adjacent to an activating group) is 1. The molecule has 2 N–H and O–H groups in total. The number of primary amides is 1. The number of likely N-dealkylation sites (tertiary alicyclic amines) is 1. The molecule has 1 aromatic carbocycles. The molecule has 2 amide bonds. The fourth-order valence-electron chi connectivity index (χ4n) is 3.13. The van der Waals surface area contributed by atoms with Gasteiger partial charge in [-0.15, -0.1) is 0 Å². The van der Waals surface area contributed by atoms with Gasteiger partial charge in [0.1, 0.15) is 11.5 Å². The summed E-state index contributed by atoms with van der Waals surface area (Å²) in [6, 6.07) is 5.62. The lowest BCUT2D eigenvalue weighted by atomic mass is 10.0. The summed E-state index contributed by atoms with van der Waals surface area (Å²) in [5, 5.41) is 0. The van der Waals surface area contributed by atoms with Gasteiger partial charge in [-0.05, 0) is 32.0 Å². The van der Waals surface area contributed by atoms with E-state index in [-0.39, 0.29) is 25.0 Å². The molecule has 1 aliphatic rings. The van der Waals surface area contributed by atoms with Crippen LogP contribution in [0.2, 0.25) is 0 Å². The van der Waals surface area contributed by atoms with E-state index in [1.54, 1.807) is 26.2 Å². The van der Waals surface area contributed by atoms with E-state index < -0.39 is 5.91 Å². The molecule has 0 spiro atoms. The molecule has 0 aliphatic carbocycles. The van der Waals surface area contributed by atoms with Gasteiger partial charge in [-0.1, -0.05) is 0 Å². The van der Waals surface area contributed by atoms with Crippen LogP contribution in [-0.4, -0.2) is 62.5 Å². The molecule has 7 heteroatoms. The Labute approximate surface area is 142 Å². The van der Waals surface area contributed by atoms with Crippen molar-refractivity contribution in [1.29, 1.82) is 0 Å². The highest BCUT2D eigenvalue weighted by molar-refractivity contribution is 5.81. The van der Waals surface area contributed by atoms with E-state index in [9.17, 15) is 9.59 Å². The van der Waals surface area contributed by atoms with Crippen LogP contribution in [0.3, 0.4) is 0 Å². The molecule has 24 heavy (non-hydrogen) atoms. The van der Waals surface area contributed by atoms with Gasteiger partial charge in [0.2, 0.25) is 11.8 Å². The quantitative estimate of drug-likeness (QED) is 0.796. The molecule has 0 radical (unpaired) electrons. The van der Waals surface area contributed by atoms with Crippen LogP contribution in [0.25, 0.3) is 0 Å². The molecule has 1 aromatic rings. The summed E-state index contributed by atoms with van der Waals surface area (Å²) in [5.41, 5.74) is 6.15. The van der Waals surface area contributed by atoms with Crippen molar-refractivity contribution in [2.24, 2.45) is 5.73 Å². The average Bonchev–Trinajstić information content (AvgIpc) is 3.02. The van der Waals surface area contributed by atoms with Crippen molar-refractivity contribution in [2.75, 3.05) is 40.9 Å². The number of rotatable bonds is 7. The smallest absolute Gasteiger partial charge is 0.237 e. The van der Waals surface area contributed by atoms with Gasteiger partial charge < -0.3 is 20.1 Å². The van der Waals surface area contributed by atoms with Crippen LogP contribution in [0.5, 0.6) is 11.5 Å². The minimum absolute atomic E-state index is 0.0147. The Bertz CT molecular complexity index is 605. The first-order valence-electron chi connectivity index (χ1n) is 7.94. The third-order valence-electron chi connectivity index (χ3n) is 4.20. The van der Waals surface area contributed by atoms with Crippen molar-refractivity contribution in [3.63, 3.8) is 0 Å².